The van der Waals surface area contributed by atoms with Crippen molar-refractivity contribution in [1.29, 1.82) is 0 Å². The normalized spacial score (nSPS) is 14.9. The number of aromatic nitrogens is 2. The topological polar surface area (TPSA) is 47.4 Å². The highest BCUT2D eigenvalue weighted by Crippen LogP contribution is 2.35. The van der Waals surface area contributed by atoms with Gasteiger partial charge in [-0.3, -0.25) is 14.7 Å². The lowest BCUT2D eigenvalue weighted by molar-refractivity contribution is -0.122. The minimum atomic E-state index is -0.0811. The summed E-state index contributed by atoms with van der Waals surface area (Å²) in [6.45, 7) is 3.69. The number of hydrogen-bond donors (Lipinski definition) is 0. The number of hydrogen-bond acceptors (Lipinski definition) is 5. The second kappa shape index (κ2) is 10.4. The second-order valence-corrected chi connectivity index (χ2v) is 10.8. The molecule has 0 aliphatic carbocycles. The summed E-state index contributed by atoms with van der Waals surface area (Å²) in [4.78, 5) is 19.6. The number of fused-ring (bicyclic) bond motifs is 1. The average Bonchev–Trinajstić information content (AvgIpc) is 3.32. The van der Waals surface area contributed by atoms with Gasteiger partial charge in [0.15, 0.2) is 0 Å². The van der Waals surface area contributed by atoms with Crippen LogP contribution >= 0.6 is 39.9 Å². The summed E-state index contributed by atoms with van der Waals surface area (Å²) in [7, 11) is 0. The molecule has 0 atom stereocenters. The van der Waals surface area contributed by atoms with Crippen LogP contribution in [0, 0.1) is 6.92 Å². The van der Waals surface area contributed by atoms with E-state index in [4.69, 9.17) is 17.0 Å². The molecule has 176 valence electrons. The number of aryl methyl sites for hydroxylation is 1. The Morgan fingerprint density at radius 3 is 2.77 bits per heavy atom. The van der Waals surface area contributed by atoms with E-state index in [1.54, 1.807) is 17.3 Å². The molecule has 5 nitrogen and oxygen atoms in total. The third kappa shape index (κ3) is 5.34. The van der Waals surface area contributed by atoms with Crippen LogP contribution < -0.4 is 4.74 Å². The van der Waals surface area contributed by atoms with Crippen molar-refractivity contribution in [3.63, 3.8) is 0 Å². The van der Waals surface area contributed by atoms with Gasteiger partial charge in [0.2, 0.25) is 0 Å². The second-order valence-electron chi connectivity index (χ2n) is 8.23. The molecule has 1 aliphatic heterocycles. The summed E-state index contributed by atoms with van der Waals surface area (Å²) in [5, 5.41) is 1.06. The van der Waals surface area contributed by atoms with Crippen LogP contribution in [0.25, 0.3) is 17.0 Å². The van der Waals surface area contributed by atoms with Crippen LogP contribution in [0.2, 0.25) is 0 Å². The van der Waals surface area contributed by atoms with Crippen molar-refractivity contribution in [2.75, 3.05) is 6.61 Å². The molecule has 0 radical (unpaired) electrons. The van der Waals surface area contributed by atoms with Gasteiger partial charge in [-0.2, -0.15) is 0 Å². The summed E-state index contributed by atoms with van der Waals surface area (Å²) < 4.78 is 9.65. The molecule has 1 saturated heterocycles. The van der Waals surface area contributed by atoms with Crippen LogP contribution in [0.1, 0.15) is 16.7 Å². The molecular weight excluding hydrogens is 542 g/mol. The number of thioether (sulfide) groups is 1. The van der Waals surface area contributed by atoms with Gasteiger partial charge in [0, 0.05) is 39.5 Å². The highest BCUT2D eigenvalue weighted by atomic mass is 79.9. The first-order valence-electron chi connectivity index (χ1n) is 11.1. The maximum absolute atomic E-state index is 13.2. The smallest absolute Gasteiger partial charge is 0.266 e. The van der Waals surface area contributed by atoms with Crippen molar-refractivity contribution >= 4 is 67.1 Å². The summed E-state index contributed by atoms with van der Waals surface area (Å²) in [5.41, 5.74) is 4.20. The number of benzene rings is 2. The SMILES string of the molecule is Cc1ccc(OCCn2cc(/C=C3\SC(=S)N(Cc4cccnc4)C3=O)c3cc(Br)ccc32)cc1. The van der Waals surface area contributed by atoms with Gasteiger partial charge in [-0.15, -0.1) is 0 Å². The van der Waals surface area contributed by atoms with E-state index >= 15 is 0 Å². The number of carbonyl (C=O) groups is 1. The Bertz CT molecular complexity index is 1430. The lowest BCUT2D eigenvalue weighted by atomic mass is 10.1. The van der Waals surface area contributed by atoms with Gasteiger partial charge in [0.1, 0.15) is 16.7 Å². The van der Waals surface area contributed by atoms with E-state index in [1.165, 1.54) is 17.3 Å². The van der Waals surface area contributed by atoms with Crippen LogP contribution in [0.15, 0.2) is 82.6 Å². The van der Waals surface area contributed by atoms with E-state index in [1.807, 2.05) is 48.5 Å². The van der Waals surface area contributed by atoms with E-state index < -0.39 is 0 Å². The Morgan fingerprint density at radius 2 is 2.00 bits per heavy atom. The van der Waals surface area contributed by atoms with Gasteiger partial charge in [-0.25, -0.2) is 0 Å². The Hall–Kier alpha value is -2.94. The van der Waals surface area contributed by atoms with E-state index in [0.717, 1.165) is 32.3 Å². The Labute approximate surface area is 221 Å². The van der Waals surface area contributed by atoms with Crippen LogP contribution in [-0.2, 0) is 17.9 Å². The Balaban J connectivity index is 1.38. The maximum Gasteiger partial charge on any atom is 0.266 e. The number of ether oxygens (including phenoxy) is 1. The molecule has 0 spiro atoms. The molecule has 1 aliphatic rings. The maximum atomic E-state index is 13.2. The van der Waals surface area contributed by atoms with E-state index in [-0.39, 0.29) is 5.91 Å². The lowest BCUT2D eigenvalue weighted by Gasteiger charge is -2.13. The number of amides is 1. The molecule has 0 unspecified atom stereocenters. The Kier molecular flexibility index (Phi) is 7.04. The van der Waals surface area contributed by atoms with Crippen molar-refractivity contribution in [3.8, 4) is 5.75 Å². The Morgan fingerprint density at radius 1 is 1.17 bits per heavy atom. The molecule has 5 rings (SSSR count). The van der Waals surface area contributed by atoms with Crippen molar-refractivity contribution in [2.45, 2.75) is 20.0 Å². The van der Waals surface area contributed by atoms with Crippen molar-refractivity contribution < 1.29 is 9.53 Å². The molecule has 2 aromatic carbocycles. The molecule has 0 saturated carbocycles. The van der Waals surface area contributed by atoms with E-state index in [9.17, 15) is 4.79 Å². The van der Waals surface area contributed by atoms with Crippen LogP contribution in [0.4, 0.5) is 0 Å². The number of rotatable bonds is 7. The molecule has 1 amide bonds. The first kappa shape index (κ1) is 23.8. The van der Waals surface area contributed by atoms with Gasteiger partial charge in [-0.05, 0) is 55.0 Å². The fraction of sp³-hybridized carbons (Fsp3) is 0.148. The average molecular weight is 565 g/mol. The summed E-state index contributed by atoms with van der Waals surface area (Å²) in [6, 6.07) is 18.0. The first-order chi connectivity index (χ1) is 17.0. The van der Waals surface area contributed by atoms with Gasteiger partial charge in [0.25, 0.3) is 5.91 Å². The van der Waals surface area contributed by atoms with Gasteiger partial charge >= 0.3 is 0 Å². The number of nitrogens with zero attached hydrogens (tertiary/aromatic N) is 3. The monoisotopic (exact) mass is 563 g/mol. The third-order valence-electron chi connectivity index (χ3n) is 5.72. The molecule has 4 aromatic rings. The standard InChI is InChI=1S/C27H22BrN3O2S2/c1-18-4-7-22(8-5-18)33-12-11-30-17-20(23-14-21(28)6-9-24(23)30)13-25-26(32)31(27(34)35-25)16-19-3-2-10-29-15-19/h2-10,13-15,17H,11-12,16H2,1H3/b25-13-. The van der Waals surface area contributed by atoms with Crippen molar-refractivity contribution in [2.24, 2.45) is 0 Å². The summed E-state index contributed by atoms with van der Waals surface area (Å²) in [6.07, 6.45) is 7.48. The van der Waals surface area contributed by atoms with Gasteiger partial charge in [-0.1, -0.05) is 63.7 Å². The molecule has 0 N–H and O–H groups in total. The minimum Gasteiger partial charge on any atom is -0.492 e. The lowest BCUT2D eigenvalue weighted by Crippen LogP contribution is -2.27. The first-order valence-corrected chi connectivity index (χ1v) is 13.1. The molecule has 1 fully saturated rings. The van der Waals surface area contributed by atoms with E-state index in [2.05, 4.69) is 50.7 Å². The zero-order valence-electron chi connectivity index (χ0n) is 19.0. The molecule has 8 heteroatoms. The molecular formula is C27H22BrN3O2S2. The highest BCUT2D eigenvalue weighted by Gasteiger charge is 2.32. The van der Waals surface area contributed by atoms with Crippen molar-refractivity contribution in [3.05, 3.63) is 99.3 Å². The zero-order chi connectivity index (χ0) is 24.4. The molecule has 35 heavy (non-hydrogen) atoms. The predicted molar refractivity (Wildman–Crippen MR) is 149 cm³/mol. The van der Waals surface area contributed by atoms with Gasteiger partial charge in [0.05, 0.1) is 18.0 Å². The fourth-order valence-corrected chi connectivity index (χ4v) is 5.55. The quantitative estimate of drug-likeness (QED) is 0.187. The van der Waals surface area contributed by atoms with Crippen LogP contribution in [-0.4, -0.2) is 31.3 Å². The number of carbonyl (C=O) groups excluding carboxylic acids is 1. The van der Waals surface area contributed by atoms with Crippen molar-refractivity contribution in [1.82, 2.24) is 14.5 Å². The molecule has 3 heterocycles. The number of pyridine rings is 1. The fourth-order valence-electron chi connectivity index (χ4n) is 3.95. The van der Waals surface area contributed by atoms with Crippen LogP contribution in [0.3, 0.4) is 0 Å². The minimum absolute atomic E-state index is 0.0811. The summed E-state index contributed by atoms with van der Waals surface area (Å²) in [5.74, 6) is 0.773. The molecule has 2 aromatic heterocycles. The predicted octanol–water partition coefficient (Wildman–Crippen LogP) is 6.59. The third-order valence-corrected chi connectivity index (χ3v) is 7.59. The van der Waals surface area contributed by atoms with Crippen LogP contribution in [0.5, 0.6) is 5.75 Å². The summed E-state index contributed by atoms with van der Waals surface area (Å²) >= 11 is 10.4. The largest absolute Gasteiger partial charge is 0.492 e. The number of thiocarbonyl (C=S) groups is 1. The zero-order valence-corrected chi connectivity index (χ0v) is 22.2. The van der Waals surface area contributed by atoms with Gasteiger partial charge < -0.3 is 9.30 Å². The number of halogens is 1. The highest BCUT2D eigenvalue weighted by molar-refractivity contribution is 9.10. The molecule has 0 bridgehead atoms. The van der Waals surface area contributed by atoms with E-state index in [0.29, 0.717) is 28.9 Å².